The molecule has 1 atom stereocenters. The predicted octanol–water partition coefficient (Wildman–Crippen LogP) is 4.78. The van der Waals surface area contributed by atoms with Gasteiger partial charge < -0.3 is 14.6 Å². The summed E-state index contributed by atoms with van der Waals surface area (Å²) in [6, 6.07) is 3.52. The van der Waals surface area contributed by atoms with Crippen LogP contribution in [0.25, 0.3) is 10.2 Å². The highest BCUT2D eigenvalue weighted by atomic mass is 35.5. The second-order valence-electron chi connectivity index (χ2n) is 6.03. The Morgan fingerprint density at radius 1 is 1.39 bits per heavy atom. The van der Waals surface area contributed by atoms with Gasteiger partial charge in [0.2, 0.25) is 0 Å². The third-order valence-corrected chi connectivity index (χ3v) is 4.37. The molecule has 0 fully saturated rings. The van der Waals surface area contributed by atoms with Gasteiger partial charge in [0.15, 0.2) is 4.47 Å². The zero-order valence-electron chi connectivity index (χ0n) is 12.9. The summed E-state index contributed by atoms with van der Waals surface area (Å²) in [4.78, 5) is 14.8. The monoisotopic (exact) mass is 377 g/mol. The van der Waals surface area contributed by atoms with E-state index in [1.54, 1.807) is 12.1 Å². The fraction of sp³-hybridized carbons (Fsp3) is 0.467. The molecular weight excluding hydrogens is 361 g/mol. The zero-order chi connectivity index (χ0) is 17.2. The number of halogens is 2. The predicted molar refractivity (Wildman–Crippen MR) is 91.7 cm³/mol. The average Bonchev–Trinajstić information content (AvgIpc) is 2.80. The molecule has 2 aromatic rings. The molecule has 0 saturated carbocycles. The van der Waals surface area contributed by atoms with Gasteiger partial charge in [0.05, 0.1) is 16.3 Å². The van der Waals surface area contributed by atoms with Crippen LogP contribution in [0.4, 0.5) is 4.79 Å². The van der Waals surface area contributed by atoms with Gasteiger partial charge in [-0.1, -0.05) is 32.4 Å². The molecule has 1 N–H and O–H groups in total. The number of thiazole rings is 1. The lowest BCUT2D eigenvalue weighted by Crippen LogP contribution is -2.18. The second-order valence-corrected chi connectivity index (χ2v) is 7.95. The summed E-state index contributed by atoms with van der Waals surface area (Å²) < 4.78 is 11.4. The average molecular weight is 378 g/mol. The van der Waals surface area contributed by atoms with E-state index in [0.717, 1.165) is 4.70 Å². The molecule has 0 aliphatic rings. The quantitative estimate of drug-likeness (QED) is 0.599. The molecule has 5 nitrogen and oxygen atoms in total. The maximum Gasteiger partial charge on any atom is 0.403 e. The van der Waals surface area contributed by atoms with Gasteiger partial charge in [-0.3, -0.25) is 0 Å². The minimum Gasteiger partial charge on any atom is -0.490 e. The van der Waals surface area contributed by atoms with Crippen LogP contribution in [0.2, 0.25) is 4.47 Å². The maximum absolute atomic E-state index is 10.6. The normalized spacial score (nSPS) is 13.1. The van der Waals surface area contributed by atoms with Crippen molar-refractivity contribution in [2.24, 2.45) is 5.41 Å². The molecule has 1 aromatic carbocycles. The van der Waals surface area contributed by atoms with Gasteiger partial charge in [-0.15, -0.1) is 11.3 Å². The number of aliphatic hydroxyl groups is 1. The molecule has 126 valence electrons. The molecule has 8 heteroatoms. The van der Waals surface area contributed by atoms with Gasteiger partial charge in [-0.2, -0.15) is 0 Å². The van der Waals surface area contributed by atoms with Crippen LogP contribution in [0.3, 0.4) is 0 Å². The molecule has 23 heavy (non-hydrogen) atoms. The third-order valence-electron chi connectivity index (χ3n) is 3.15. The van der Waals surface area contributed by atoms with Crippen molar-refractivity contribution < 1.29 is 19.4 Å². The first-order chi connectivity index (χ1) is 10.7. The highest BCUT2D eigenvalue weighted by molar-refractivity contribution is 7.22. The number of hydrogen-bond donors (Lipinski definition) is 1. The number of carbonyl (C=O) groups is 1. The van der Waals surface area contributed by atoms with Crippen molar-refractivity contribution in [3.05, 3.63) is 22.2 Å². The van der Waals surface area contributed by atoms with Gasteiger partial charge in [-0.05, 0) is 17.5 Å². The van der Waals surface area contributed by atoms with Crippen LogP contribution in [0.1, 0.15) is 32.4 Å². The van der Waals surface area contributed by atoms with E-state index < -0.39 is 11.5 Å². The van der Waals surface area contributed by atoms with Crippen molar-refractivity contribution >= 4 is 50.2 Å². The Morgan fingerprint density at radius 3 is 2.70 bits per heavy atom. The minimum atomic E-state index is -0.873. The lowest BCUT2D eigenvalue weighted by Gasteiger charge is -2.26. The first kappa shape index (κ1) is 18.3. The Bertz CT molecular complexity index is 711. The number of aliphatic hydroxyl groups excluding tert-OH is 1. The number of ether oxygens (including phenoxy) is 2. The second kappa shape index (κ2) is 7.21. The topological polar surface area (TPSA) is 68.7 Å². The van der Waals surface area contributed by atoms with Gasteiger partial charge >= 0.3 is 5.43 Å². The number of hydrogen-bond acceptors (Lipinski definition) is 6. The number of benzene rings is 1. The lowest BCUT2D eigenvalue weighted by molar-refractivity contribution is 0.0635. The Morgan fingerprint density at radius 2 is 2.09 bits per heavy atom. The SMILES string of the molecule is CC(C)(C)C(O)c1cc(OCCOC(=O)Cl)cc2sc(Cl)nc12. The van der Waals surface area contributed by atoms with E-state index >= 15 is 0 Å². The number of carbonyl (C=O) groups excluding carboxylic acids is 1. The van der Waals surface area contributed by atoms with E-state index in [-0.39, 0.29) is 18.6 Å². The van der Waals surface area contributed by atoms with Crippen LogP contribution < -0.4 is 4.74 Å². The molecule has 0 saturated heterocycles. The van der Waals surface area contributed by atoms with Crippen LogP contribution in [0.15, 0.2) is 12.1 Å². The Kier molecular flexibility index (Phi) is 5.73. The van der Waals surface area contributed by atoms with E-state index in [1.165, 1.54) is 11.3 Å². The number of aromatic nitrogens is 1. The largest absolute Gasteiger partial charge is 0.490 e. The summed E-state index contributed by atoms with van der Waals surface area (Å²) >= 11 is 12.4. The third kappa shape index (κ3) is 4.70. The molecule has 1 unspecified atom stereocenters. The fourth-order valence-corrected chi connectivity index (χ4v) is 3.21. The molecule has 1 heterocycles. The molecule has 0 aliphatic heterocycles. The van der Waals surface area contributed by atoms with E-state index in [9.17, 15) is 9.90 Å². The van der Waals surface area contributed by atoms with Crippen LogP contribution in [0, 0.1) is 5.41 Å². The zero-order valence-corrected chi connectivity index (χ0v) is 15.3. The summed E-state index contributed by atoms with van der Waals surface area (Å²) in [5.41, 5.74) is 0.0853. The molecule has 0 bridgehead atoms. The van der Waals surface area contributed by atoms with Crippen molar-refractivity contribution in [3.63, 3.8) is 0 Å². The van der Waals surface area contributed by atoms with Crippen LogP contribution in [0.5, 0.6) is 5.75 Å². The molecule has 0 aliphatic carbocycles. The Balaban J connectivity index is 2.30. The Labute approximate surface area is 148 Å². The summed E-state index contributed by atoms with van der Waals surface area (Å²) in [6.45, 7) is 6.00. The van der Waals surface area contributed by atoms with E-state index in [2.05, 4.69) is 9.72 Å². The number of fused-ring (bicyclic) bond motifs is 1. The summed E-state index contributed by atoms with van der Waals surface area (Å²) in [7, 11) is 0. The molecule has 0 spiro atoms. The summed E-state index contributed by atoms with van der Waals surface area (Å²) in [5, 5.41) is 10.6. The standard InChI is InChI=1S/C15H17Cl2NO4S/c1-15(2,3)12(19)9-6-8(21-4-5-22-14(17)20)7-10-11(9)18-13(16)23-10/h6-7,12,19H,4-5H2,1-3H3. The first-order valence-corrected chi connectivity index (χ1v) is 8.49. The van der Waals surface area contributed by atoms with Gasteiger partial charge in [0.1, 0.15) is 19.0 Å². The number of rotatable bonds is 5. The van der Waals surface area contributed by atoms with Gasteiger partial charge in [-0.25, -0.2) is 9.78 Å². The molecule has 0 amide bonds. The lowest BCUT2D eigenvalue weighted by atomic mass is 9.84. The van der Waals surface area contributed by atoms with E-state index in [4.69, 9.17) is 27.9 Å². The van der Waals surface area contributed by atoms with Crippen LogP contribution in [-0.4, -0.2) is 28.7 Å². The number of nitrogens with zero attached hydrogens (tertiary/aromatic N) is 1. The Hall–Kier alpha value is -1.08. The van der Waals surface area contributed by atoms with Crippen LogP contribution >= 0.6 is 34.5 Å². The van der Waals surface area contributed by atoms with Gasteiger partial charge in [0, 0.05) is 17.2 Å². The van der Waals surface area contributed by atoms with Gasteiger partial charge in [0.25, 0.3) is 0 Å². The highest BCUT2D eigenvalue weighted by Crippen LogP contribution is 2.40. The smallest absolute Gasteiger partial charge is 0.403 e. The summed E-state index contributed by atoms with van der Waals surface area (Å²) in [5.74, 6) is 0.543. The maximum atomic E-state index is 10.6. The molecule has 1 aromatic heterocycles. The highest BCUT2D eigenvalue weighted by Gasteiger charge is 2.27. The van der Waals surface area contributed by atoms with Crippen LogP contribution in [-0.2, 0) is 4.74 Å². The molecule has 0 radical (unpaired) electrons. The van der Waals surface area contributed by atoms with Crippen molar-refractivity contribution in [3.8, 4) is 5.75 Å². The van der Waals surface area contributed by atoms with Crippen molar-refractivity contribution in [2.45, 2.75) is 26.9 Å². The van der Waals surface area contributed by atoms with Crippen molar-refractivity contribution in [1.29, 1.82) is 0 Å². The minimum absolute atomic E-state index is 0.0426. The molecular formula is C15H17Cl2NO4S. The summed E-state index contributed by atoms with van der Waals surface area (Å²) in [6.07, 6.45) is -0.729. The fourth-order valence-electron chi connectivity index (χ4n) is 2.04. The van der Waals surface area contributed by atoms with Crippen molar-refractivity contribution in [1.82, 2.24) is 4.98 Å². The molecule has 2 rings (SSSR count). The first-order valence-electron chi connectivity index (χ1n) is 6.91. The van der Waals surface area contributed by atoms with E-state index in [1.807, 2.05) is 20.8 Å². The van der Waals surface area contributed by atoms with Crippen molar-refractivity contribution in [2.75, 3.05) is 13.2 Å². The van der Waals surface area contributed by atoms with E-state index in [0.29, 0.717) is 21.3 Å².